The number of phenolic OH excluding ortho intramolecular Hbond substituents is 2. The minimum atomic E-state index is -0.784. The monoisotopic (exact) mass is 262 g/mol. The number of imidazole rings is 1. The Labute approximate surface area is 109 Å². The van der Waals surface area contributed by atoms with Crippen LogP contribution >= 0.6 is 0 Å². The smallest absolute Gasteiger partial charge is 0.345 e. The number of aromatic nitrogens is 2. The van der Waals surface area contributed by atoms with E-state index < -0.39 is 5.97 Å². The minimum absolute atomic E-state index is 0.202. The number of hydrogen-bond acceptors (Lipinski definition) is 5. The fourth-order valence-electron chi connectivity index (χ4n) is 1.92. The summed E-state index contributed by atoms with van der Waals surface area (Å²) < 4.78 is 4.54. The van der Waals surface area contributed by atoms with Crippen LogP contribution in [-0.2, 0) is 4.74 Å². The van der Waals surface area contributed by atoms with Gasteiger partial charge in [0.25, 0.3) is 0 Å². The lowest BCUT2D eigenvalue weighted by Crippen LogP contribution is -2.05. The molecule has 0 spiro atoms. The predicted octanol–water partition coefficient (Wildman–Crippen LogP) is 1.76. The normalized spacial score (nSPS) is 12.1. The SMILES string of the molecule is COC(=O)c1c(O)ccc(C(C)c2cnc[nH]2)c1O. The van der Waals surface area contributed by atoms with Crippen LogP contribution in [-0.4, -0.2) is 33.3 Å². The van der Waals surface area contributed by atoms with Crippen LogP contribution in [0.1, 0.15) is 34.5 Å². The summed E-state index contributed by atoms with van der Waals surface area (Å²) in [5, 5.41) is 19.8. The van der Waals surface area contributed by atoms with Crippen molar-refractivity contribution >= 4 is 5.97 Å². The molecule has 0 aliphatic rings. The Kier molecular flexibility index (Phi) is 3.41. The molecule has 0 aliphatic heterocycles. The molecular formula is C13H14N2O4. The van der Waals surface area contributed by atoms with Crippen LogP contribution < -0.4 is 0 Å². The Bertz CT molecular complexity index is 593. The highest BCUT2D eigenvalue weighted by Crippen LogP contribution is 2.37. The lowest BCUT2D eigenvalue weighted by atomic mass is 9.94. The van der Waals surface area contributed by atoms with Gasteiger partial charge in [-0.25, -0.2) is 9.78 Å². The van der Waals surface area contributed by atoms with Gasteiger partial charge in [-0.05, 0) is 6.07 Å². The lowest BCUT2D eigenvalue weighted by molar-refractivity contribution is 0.0593. The second-order valence-corrected chi connectivity index (χ2v) is 4.12. The first-order valence-corrected chi connectivity index (χ1v) is 5.67. The molecule has 0 radical (unpaired) electrons. The van der Waals surface area contributed by atoms with Crippen molar-refractivity contribution in [1.82, 2.24) is 9.97 Å². The van der Waals surface area contributed by atoms with Gasteiger partial charge in [0.1, 0.15) is 17.1 Å². The fourth-order valence-corrected chi connectivity index (χ4v) is 1.92. The van der Waals surface area contributed by atoms with E-state index in [1.807, 2.05) is 6.92 Å². The molecule has 6 nitrogen and oxygen atoms in total. The van der Waals surface area contributed by atoms with Gasteiger partial charge in [-0.1, -0.05) is 13.0 Å². The summed E-state index contributed by atoms with van der Waals surface area (Å²) in [6.07, 6.45) is 3.17. The Hall–Kier alpha value is -2.50. The molecule has 1 heterocycles. The van der Waals surface area contributed by atoms with E-state index in [1.54, 1.807) is 12.3 Å². The third-order valence-corrected chi connectivity index (χ3v) is 3.03. The summed E-state index contributed by atoms with van der Waals surface area (Å²) in [6.45, 7) is 1.85. The number of methoxy groups -OCH3 is 1. The molecule has 0 amide bonds. The molecule has 3 N–H and O–H groups in total. The molecule has 1 atom stereocenters. The van der Waals surface area contributed by atoms with Crippen LogP contribution in [0.4, 0.5) is 0 Å². The Morgan fingerprint density at radius 2 is 2.16 bits per heavy atom. The standard InChI is InChI=1S/C13H14N2O4/c1-7(9-5-14-6-15-9)8-3-4-10(16)11(12(8)17)13(18)19-2/h3-7,16-17H,1-2H3,(H,14,15). The van der Waals surface area contributed by atoms with Gasteiger partial charge in [-0.3, -0.25) is 0 Å². The first-order chi connectivity index (χ1) is 9.06. The number of carbonyl (C=O) groups excluding carboxylic acids is 1. The maximum absolute atomic E-state index is 11.6. The molecule has 1 aromatic carbocycles. The van der Waals surface area contributed by atoms with E-state index in [0.717, 1.165) is 5.69 Å². The summed E-state index contributed by atoms with van der Waals surface area (Å²) in [4.78, 5) is 18.4. The number of ether oxygens (including phenoxy) is 1. The lowest BCUT2D eigenvalue weighted by Gasteiger charge is -2.14. The highest BCUT2D eigenvalue weighted by atomic mass is 16.5. The maximum Gasteiger partial charge on any atom is 0.345 e. The maximum atomic E-state index is 11.6. The number of aromatic amines is 1. The molecule has 100 valence electrons. The highest BCUT2D eigenvalue weighted by molar-refractivity contribution is 5.95. The van der Waals surface area contributed by atoms with Crippen molar-refractivity contribution in [1.29, 1.82) is 0 Å². The van der Waals surface area contributed by atoms with E-state index in [9.17, 15) is 15.0 Å². The number of nitrogens with one attached hydrogen (secondary N) is 1. The van der Waals surface area contributed by atoms with Crippen molar-refractivity contribution in [2.45, 2.75) is 12.8 Å². The average Bonchev–Trinajstić information content (AvgIpc) is 2.91. The van der Waals surface area contributed by atoms with Crippen LogP contribution in [0.5, 0.6) is 11.5 Å². The van der Waals surface area contributed by atoms with Crippen molar-refractivity contribution < 1.29 is 19.7 Å². The molecule has 1 unspecified atom stereocenters. The molecule has 0 bridgehead atoms. The van der Waals surface area contributed by atoms with Gasteiger partial charge in [0.2, 0.25) is 0 Å². The number of H-pyrrole nitrogens is 1. The molecule has 0 aliphatic carbocycles. The van der Waals surface area contributed by atoms with E-state index in [1.165, 1.54) is 19.5 Å². The third-order valence-electron chi connectivity index (χ3n) is 3.03. The largest absolute Gasteiger partial charge is 0.507 e. The number of phenols is 2. The fraction of sp³-hybridized carbons (Fsp3) is 0.231. The van der Waals surface area contributed by atoms with Gasteiger partial charge in [-0.15, -0.1) is 0 Å². The van der Waals surface area contributed by atoms with Gasteiger partial charge < -0.3 is 19.9 Å². The van der Waals surface area contributed by atoms with E-state index in [4.69, 9.17) is 0 Å². The molecular weight excluding hydrogens is 248 g/mol. The van der Waals surface area contributed by atoms with Crippen molar-refractivity contribution in [3.05, 3.63) is 41.5 Å². The molecule has 0 saturated heterocycles. The summed E-state index contributed by atoms with van der Waals surface area (Å²) in [5.74, 6) is -1.58. The average molecular weight is 262 g/mol. The second kappa shape index (κ2) is 5.01. The van der Waals surface area contributed by atoms with E-state index in [2.05, 4.69) is 14.7 Å². The minimum Gasteiger partial charge on any atom is -0.507 e. The zero-order valence-electron chi connectivity index (χ0n) is 10.5. The number of hydrogen-bond donors (Lipinski definition) is 3. The van der Waals surface area contributed by atoms with Crippen LogP contribution in [0, 0.1) is 0 Å². The summed E-state index contributed by atoms with van der Waals surface area (Å²) in [7, 11) is 1.19. The number of esters is 1. The Morgan fingerprint density at radius 3 is 2.74 bits per heavy atom. The predicted molar refractivity (Wildman–Crippen MR) is 67.2 cm³/mol. The number of carbonyl (C=O) groups is 1. The summed E-state index contributed by atoms with van der Waals surface area (Å²) >= 11 is 0. The number of rotatable bonds is 3. The molecule has 0 fully saturated rings. The zero-order valence-corrected chi connectivity index (χ0v) is 10.5. The Balaban J connectivity index is 2.51. The van der Waals surface area contributed by atoms with Gasteiger partial charge >= 0.3 is 5.97 Å². The van der Waals surface area contributed by atoms with E-state index >= 15 is 0 Å². The van der Waals surface area contributed by atoms with Crippen molar-refractivity contribution in [2.24, 2.45) is 0 Å². The third kappa shape index (κ3) is 2.24. The van der Waals surface area contributed by atoms with Crippen LogP contribution in [0.3, 0.4) is 0 Å². The van der Waals surface area contributed by atoms with E-state index in [0.29, 0.717) is 5.56 Å². The topological polar surface area (TPSA) is 95.4 Å². The van der Waals surface area contributed by atoms with Gasteiger partial charge in [0.15, 0.2) is 0 Å². The van der Waals surface area contributed by atoms with Crippen molar-refractivity contribution in [2.75, 3.05) is 7.11 Å². The first-order valence-electron chi connectivity index (χ1n) is 5.67. The van der Waals surface area contributed by atoms with E-state index in [-0.39, 0.29) is 23.0 Å². The van der Waals surface area contributed by atoms with Crippen molar-refractivity contribution in [3.8, 4) is 11.5 Å². The summed E-state index contributed by atoms with van der Waals surface area (Å²) in [5.41, 5.74) is 1.06. The van der Waals surface area contributed by atoms with Crippen LogP contribution in [0.25, 0.3) is 0 Å². The van der Waals surface area contributed by atoms with Gasteiger partial charge in [-0.2, -0.15) is 0 Å². The number of aromatic hydroxyl groups is 2. The molecule has 2 rings (SSSR count). The van der Waals surface area contributed by atoms with Gasteiger partial charge in [0, 0.05) is 23.4 Å². The summed E-state index contributed by atoms with van der Waals surface area (Å²) in [6, 6.07) is 2.91. The van der Waals surface area contributed by atoms with Crippen LogP contribution in [0.15, 0.2) is 24.7 Å². The molecule has 6 heteroatoms. The number of nitrogens with zero attached hydrogens (tertiary/aromatic N) is 1. The second-order valence-electron chi connectivity index (χ2n) is 4.12. The number of benzene rings is 1. The first kappa shape index (κ1) is 12.9. The molecule has 2 aromatic rings. The van der Waals surface area contributed by atoms with Gasteiger partial charge in [0.05, 0.1) is 13.4 Å². The van der Waals surface area contributed by atoms with Crippen molar-refractivity contribution in [3.63, 3.8) is 0 Å². The molecule has 19 heavy (non-hydrogen) atoms. The highest BCUT2D eigenvalue weighted by Gasteiger charge is 2.23. The zero-order chi connectivity index (χ0) is 14.0. The Morgan fingerprint density at radius 1 is 1.42 bits per heavy atom. The molecule has 1 aromatic heterocycles. The van der Waals surface area contributed by atoms with Crippen LogP contribution in [0.2, 0.25) is 0 Å². The quantitative estimate of drug-likeness (QED) is 0.732. The molecule has 0 saturated carbocycles.